The molecular weight excluding hydrogens is 352 g/mol. The van der Waals surface area contributed by atoms with Crippen molar-refractivity contribution in [2.24, 2.45) is 10.7 Å². The zero-order valence-electron chi connectivity index (χ0n) is 17.2. The van der Waals surface area contributed by atoms with Crippen LogP contribution in [0.4, 0.5) is 11.5 Å². The van der Waals surface area contributed by atoms with Crippen LogP contribution >= 0.6 is 0 Å². The highest BCUT2D eigenvalue weighted by molar-refractivity contribution is 5.98. The summed E-state index contributed by atoms with van der Waals surface area (Å²) in [6.45, 7) is 11.4. The predicted octanol–water partition coefficient (Wildman–Crippen LogP) is 1.49. The van der Waals surface area contributed by atoms with Crippen LogP contribution in [0.1, 0.15) is 26.7 Å². The van der Waals surface area contributed by atoms with Gasteiger partial charge < -0.3 is 20.6 Å². The molecule has 1 aromatic rings. The SMILES string of the molecule is CCN=C(C)C(=CN)CN1CCN(c2cccnc2N2CCC(O)CC2)CC1. The number of hydrogen-bond acceptors (Lipinski definition) is 7. The smallest absolute Gasteiger partial charge is 0.152 e. The fraction of sp³-hybridized carbons (Fsp3) is 0.619. The van der Waals surface area contributed by atoms with Crippen LogP contribution < -0.4 is 15.5 Å². The number of piperazine rings is 1. The van der Waals surface area contributed by atoms with Crippen LogP contribution in [0.15, 0.2) is 35.1 Å². The van der Waals surface area contributed by atoms with Crippen molar-refractivity contribution < 1.29 is 5.11 Å². The third-order valence-electron chi connectivity index (χ3n) is 5.70. The third kappa shape index (κ3) is 5.02. The van der Waals surface area contributed by atoms with E-state index < -0.39 is 0 Å². The van der Waals surface area contributed by atoms with Crippen LogP contribution in [-0.4, -0.2) is 79.2 Å². The average Bonchev–Trinajstić information content (AvgIpc) is 2.73. The Hall–Kier alpha value is -2.12. The molecule has 1 aromatic heterocycles. The molecule has 28 heavy (non-hydrogen) atoms. The van der Waals surface area contributed by atoms with Crippen LogP contribution in [0.2, 0.25) is 0 Å². The lowest BCUT2D eigenvalue weighted by atomic mass is 10.1. The van der Waals surface area contributed by atoms with E-state index in [0.29, 0.717) is 0 Å². The summed E-state index contributed by atoms with van der Waals surface area (Å²) in [5, 5.41) is 9.80. The number of rotatable bonds is 6. The Labute approximate surface area is 168 Å². The molecule has 0 spiro atoms. The second-order valence-electron chi connectivity index (χ2n) is 7.58. The molecule has 3 rings (SSSR count). The lowest BCUT2D eigenvalue weighted by Gasteiger charge is -2.39. The van der Waals surface area contributed by atoms with Crippen molar-refractivity contribution in [2.75, 3.05) is 62.2 Å². The van der Waals surface area contributed by atoms with Crippen LogP contribution in [-0.2, 0) is 0 Å². The van der Waals surface area contributed by atoms with Crippen LogP contribution in [0.5, 0.6) is 0 Å². The largest absolute Gasteiger partial charge is 0.404 e. The summed E-state index contributed by atoms with van der Waals surface area (Å²) in [6, 6.07) is 4.19. The number of nitrogens with zero attached hydrogens (tertiary/aromatic N) is 5. The molecule has 2 fully saturated rings. The van der Waals surface area contributed by atoms with Gasteiger partial charge in [-0.3, -0.25) is 9.89 Å². The number of hydrogen-bond donors (Lipinski definition) is 2. The monoisotopic (exact) mass is 386 g/mol. The van der Waals surface area contributed by atoms with Gasteiger partial charge in [0.05, 0.1) is 11.8 Å². The standard InChI is InChI=1S/C21H34N6O/c1-3-23-17(2)18(15-22)16-25-11-13-26(14-12-25)20-5-4-8-24-21(20)27-9-6-19(28)7-10-27/h4-5,8,15,19,28H,3,6-7,9-14,16,22H2,1-2H3. The van der Waals surface area contributed by atoms with Gasteiger partial charge in [0.25, 0.3) is 0 Å². The quantitative estimate of drug-likeness (QED) is 0.721. The molecule has 0 radical (unpaired) electrons. The molecule has 0 aromatic carbocycles. The van der Waals surface area contributed by atoms with E-state index in [0.717, 1.165) is 82.3 Å². The number of aliphatic hydroxyl groups is 1. The fourth-order valence-corrected chi connectivity index (χ4v) is 3.97. The van der Waals surface area contributed by atoms with Gasteiger partial charge in [-0.1, -0.05) is 0 Å². The summed E-state index contributed by atoms with van der Waals surface area (Å²) >= 11 is 0. The minimum atomic E-state index is -0.170. The summed E-state index contributed by atoms with van der Waals surface area (Å²) in [5.74, 6) is 1.05. The van der Waals surface area contributed by atoms with Crippen molar-refractivity contribution in [3.05, 3.63) is 30.1 Å². The molecule has 0 bridgehead atoms. The number of nitrogens with two attached hydrogens (primary N) is 1. The second kappa shape index (κ2) is 9.89. The second-order valence-corrected chi connectivity index (χ2v) is 7.58. The van der Waals surface area contributed by atoms with E-state index in [-0.39, 0.29) is 6.10 Å². The zero-order valence-corrected chi connectivity index (χ0v) is 17.2. The van der Waals surface area contributed by atoms with Crippen molar-refractivity contribution in [1.82, 2.24) is 9.88 Å². The first-order valence-electron chi connectivity index (χ1n) is 10.4. The van der Waals surface area contributed by atoms with E-state index in [4.69, 9.17) is 5.73 Å². The number of anilines is 2. The lowest BCUT2D eigenvalue weighted by Crippen LogP contribution is -2.48. The van der Waals surface area contributed by atoms with Gasteiger partial charge >= 0.3 is 0 Å². The van der Waals surface area contributed by atoms with E-state index in [2.05, 4.69) is 30.7 Å². The average molecular weight is 387 g/mol. The molecule has 7 heteroatoms. The summed E-state index contributed by atoms with van der Waals surface area (Å²) in [4.78, 5) is 16.4. The van der Waals surface area contributed by atoms with Crippen molar-refractivity contribution in [3.63, 3.8) is 0 Å². The fourth-order valence-electron chi connectivity index (χ4n) is 3.97. The minimum Gasteiger partial charge on any atom is -0.404 e. The molecule has 2 saturated heterocycles. The van der Waals surface area contributed by atoms with Crippen molar-refractivity contribution in [1.29, 1.82) is 0 Å². The molecule has 2 aliphatic rings. The molecule has 0 atom stereocenters. The van der Waals surface area contributed by atoms with Crippen molar-refractivity contribution >= 4 is 17.2 Å². The van der Waals surface area contributed by atoms with E-state index >= 15 is 0 Å². The van der Waals surface area contributed by atoms with Crippen molar-refractivity contribution in [3.8, 4) is 0 Å². The Bertz CT molecular complexity index is 688. The highest BCUT2D eigenvalue weighted by atomic mass is 16.3. The van der Waals surface area contributed by atoms with Crippen LogP contribution in [0, 0.1) is 0 Å². The Kier molecular flexibility index (Phi) is 7.28. The van der Waals surface area contributed by atoms with Gasteiger partial charge in [0.2, 0.25) is 0 Å². The van der Waals surface area contributed by atoms with E-state index in [9.17, 15) is 5.11 Å². The molecular formula is C21H34N6O. The molecule has 2 aliphatic heterocycles. The highest BCUT2D eigenvalue weighted by Gasteiger charge is 2.25. The van der Waals surface area contributed by atoms with Gasteiger partial charge in [-0.05, 0) is 38.8 Å². The predicted molar refractivity (Wildman–Crippen MR) is 116 cm³/mol. The lowest BCUT2D eigenvalue weighted by molar-refractivity contribution is 0.145. The molecule has 0 amide bonds. The summed E-state index contributed by atoms with van der Waals surface area (Å²) in [5.41, 5.74) is 9.20. The van der Waals surface area contributed by atoms with Gasteiger partial charge in [0, 0.05) is 76.0 Å². The summed E-state index contributed by atoms with van der Waals surface area (Å²) < 4.78 is 0. The Morgan fingerprint density at radius 3 is 2.57 bits per heavy atom. The number of pyridine rings is 1. The van der Waals surface area contributed by atoms with Crippen LogP contribution in [0.25, 0.3) is 0 Å². The maximum atomic E-state index is 9.80. The van der Waals surface area contributed by atoms with E-state index in [1.165, 1.54) is 5.69 Å². The normalized spacial score (nSPS) is 20.7. The molecule has 0 saturated carbocycles. The first-order chi connectivity index (χ1) is 13.6. The highest BCUT2D eigenvalue weighted by Crippen LogP contribution is 2.29. The number of piperidine rings is 1. The number of aromatic nitrogens is 1. The molecule has 0 unspecified atom stereocenters. The number of aliphatic imine (C=N–C) groups is 1. The molecule has 3 N–H and O–H groups in total. The molecule has 3 heterocycles. The Balaban J connectivity index is 1.62. The van der Waals surface area contributed by atoms with Gasteiger partial charge in [-0.2, -0.15) is 0 Å². The summed E-state index contributed by atoms with van der Waals surface area (Å²) in [7, 11) is 0. The van der Waals surface area contributed by atoms with E-state index in [1.807, 2.05) is 26.1 Å². The maximum absolute atomic E-state index is 9.80. The summed E-state index contributed by atoms with van der Waals surface area (Å²) in [6.07, 6.45) is 5.03. The minimum absolute atomic E-state index is 0.170. The van der Waals surface area contributed by atoms with E-state index in [1.54, 1.807) is 6.20 Å². The van der Waals surface area contributed by atoms with Gasteiger partial charge in [0.15, 0.2) is 5.82 Å². The number of aliphatic hydroxyl groups excluding tert-OH is 1. The van der Waals surface area contributed by atoms with Crippen LogP contribution in [0.3, 0.4) is 0 Å². The van der Waals surface area contributed by atoms with Gasteiger partial charge in [-0.15, -0.1) is 0 Å². The maximum Gasteiger partial charge on any atom is 0.152 e. The topological polar surface area (TPSA) is 81.2 Å². The van der Waals surface area contributed by atoms with Gasteiger partial charge in [0.1, 0.15) is 0 Å². The first-order valence-corrected chi connectivity index (χ1v) is 10.4. The Morgan fingerprint density at radius 1 is 1.21 bits per heavy atom. The van der Waals surface area contributed by atoms with Crippen molar-refractivity contribution in [2.45, 2.75) is 32.8 Å². The van der Waals surface area contributed by atoms with Gasteiger partial charge in [-0.25, -0.2) is 4.98 Å². The Morgan fingerprint density at radius 2 is 1.93 bits per heavy atom. The molecule has 7 nitrogen and oxygen atoms in total. The molecule has 154 valence electrons. The molecule has 0 aliphatic carbocycles. The zero-order chi connectivity index (χ0) is 19.9. The first kappa shape index (κ1) is 20.6. The third-order valence-corrected chi connectivity index (χ3v) is 5.70.